The topological polar surface area (TPSA) is 81.7 Å². The molecule has 39 heavy (non-hydrogen) atoms. The van der Waals surface area contributed by atoms with Crippen molar-refractivity contribution in [2.24, 2.45) is 0 Å². The summed E-state index contributed by atoms with van der Waals surface area (Å²) in [5, 5.41) is 2.93. The molecule has 6 heteroatoms. The zero-order valence-corrected chi connectivity index (χ0v) is 24.5. The Labute approximate surface area is 231 Å². The summed E-state index contributed by atoms with van der Waals surface area (Å²) in [5.41, 5.74) is 9.70. The van der Waals surface area contributed by atoms with Gasteiger partial charge in [0.2, 0.25) is 0 Å². The Morgan fingerprint density at radius 3 is 1.13 bits per heavy atom. The van der Waals surface area contributed by atoms with Gasteiger partial charge in [-0.15, -0.1) is 0 Å². The van der Waals surface area contributed by atoms with Gasteiger partial charge in [0, 0.05) is 5.56 Å². The molecule has 0 aliphatic carbocycles. The number of hydrogen-bond donors (Lipinski definition) is 1. The van der Waals surface area contributed by atoms with Crippen LogP contribution in [0.2, 0.25) is 0 Å². The molecule has 0 unspecified atom stereocenters. The molecule has 0 bridgehead atoms. The van der Waals surface area contributed by atoms with E-state index in [1.165, 1.54) is 0 Å². The van der Waals surface area contributed by atoms with Gasteiger partial charge in [-0.2, -0.15) is 0 Å². The van der Waals surface area contributed by atoms with Crippen LogP contribution in [0.15, 0.2) is 36.4 Å². The smallest absolute Gasteiger partial charge is 0.338 e. The highest BCUT2D eigenvalue weighted by Gasteiger charge is 2.23. The average Bonchev–Trinajstić information content (AvgIpc) is 2.78. The number of aryl methyl sites for hydroxylation is 9. The van der Waals surface area contributed by atoms with E-state index in [9.17, 15) is 14.4 Å². The van der Waals surface area contributed by atoms with Gasteiger partial charge in [0.15, 0.2) is 0 Å². The summed E-state index contributed by atoms with van der Waals surface area (Å²) in [5.74, 6) is -1.28. The molecule has 0 heterocycles. The van der Waals surface area contributed by atoms with Crippen molar-refractivity contribution >= 4 is 17.8 Å². The van der Waals surface area contributed by atoms with Crippen LogP contribution in [0.5, 0.6) is 0 Å². The van der Waals surface area contributed by atoms with Crippen LogP contribution in [0.1, 0.15) is 81.1 Å². The van der Waals surface area contributed by atoms with Crippen molar-refractivity contribution in [3.8, 4) is 0 Å². The zero-order chi connectivity index (χ0) is 29.0. The Morgan fingerprint density at radius 2 is 0.821 bits per heavy atom. The molecule has 0 aromatic heterocycles. The Morgan fingerprint density at radius 1 is 0.538 bits per heavy atom. The van der Waals surface area contributed by atoms with E-state index < -0.39 is 18.0 Å². The number of rotatable bonds is 8. The third-order valence-corrected chi connectivity index (χ3v) is 6.83. The zero-order valence-electron chi connectivity index (χ0n) is 24.5. The normalized spacial score (nSPS) is 10.9. The summed E-state index contributed by atoms with van der Waals surface area (Å²) in [7, 11) is 0. The van der Waals surface area contributed by atoms with Crippen molar-refractivity contribution in [3.05, 3.63) is 103 Å². The van der Waals surface area contributed by atoms with E-state index in [4.69, 9.17) is 9.47 Å². The molecule has 1 N–H and O–H groups in total. The highest BCUT2D eigenvalue weighted by atomic mass is 16.5. The van der Waals surface area contributed by atoms with E-state index >= 15 is 0 Å². The molecule has 206 valence electrons. The molecule has 6 nitrogen and oxygen atoms in total. The van der Waals surface area contributed by atoms with Crippen LogP contribution in [-0.2, 0) is 9.47 Å². The van der Waals surface area contributed by atoms with Crippen LogP contribution in [0, 0.1) is 62.3 Å². The van der Waals surface area contributed by atoms with Crippen LogP contribution < -0.4 is 5.32 Å². The molecule has 0 aliphatic rings. The predicted octanol–water partition coefficient (Wildman–Crippen LogP) is 6.27. The summed E-state index contributed by atoms with van der Waals surface area (Å²) >= 11 is 0. The lowest BCUT2D eigenvalue weighted by atomic mass is 9.99. The molecule has 0 saturated carbocycles. The second-order valence-electron chi connectivity index (χ2n) is 10.7. The number of amides is 1. The molecule has 0 fully saturated rings. The van der Waals surface area contributed by atoms with Crippen molar-refractivity contribution in [1.29, 1.82) is 0 Å². The molecule has 0 radical (unpaired) electrons. The van der Waals surface area contributed by atoms with Crippen LogP contribution in [0.3, 0.4) is 0 Å². The SMILES string of the molecule is Cc1cc(C)c(C(=O)NC(COC(=O)c2c(C)cc(C)cc2C)COC(=O)c2c(C)cc(C)cc2C)c(C)c1. The third-order valence-electron chi connectivity index (χ3n) is 6.83. The second kappa shape index (κ2) is 12.3. The maximum atomic E-state index is 13.3. The van der Waals surface area contributed by atoms with Gasteiger partial charge in [-0.05, 0) is 95.7 Å². The van der Waals surface area contributed by atoms with Crippen LogP contribution in [0.25, 0.3) is 0 Å². The molecular weight excluding hydrogens is 490 g/mol. The van der Waals surface area contributed by atoms with Gasteiger partial charge in [-0.1, -0.05) is 53.1 Å². The number of benzene rings is 3. The van der Waals surface area contributed by atoms with E-state index in [1.807, 2.05) is 98.7 Å². The Balaban J connectivity index is 1.83. The number of esters is 2. The van der Waals surface area contributed by atoms with E-state index in [2.05, 4.69) is 5.32 Å². The van der Waals surface area contributed by atoms with Gasteiger partial charge < -0.3 is 14.8 Å². The van der Waals surface area contributed by atoms with Gasteiger partial charge >= 0.3 is 11.9 Å². The fraction of sp³-hybridized carbons (Fsp3) is 0.364. The molecule has 0 aliphatic heterocycles. The first kappa shape index (κ1) is 29.6. The second-order valence-corrected chi connectivity index (χ2v) is 10.7. The lowest BCUT2D eigenvalue weighted by molar-refractivity contribution is 0.0307. The maximum Gasteiger partial charge on any atom is 0.338 e. The minimum atomic E-state index is -0.748. The van der Waals surface area contributed by atoms with Crippen LogP contribution in [-0.4, -0.2) is 37.1 Å². The summed E-state index contributed by atoms with van der Waals surface area (Å²) in [6.45, 7) is 16.9. The van der Waals surface area contributed by atoms with Crippen LogP contribution >= 0.6 is 0 Å². The number of carbonyl (C=O) groups is 3. The first-order chi connectivity index (χ1) is 18.3. The van der Waals surface area contributed by atoms with E-state index in [0.29, 0.717) is 16.7 Å². The summed E-state index contributed by atoms with van der Waals surface area (Å²) in [6.07, 6.45) is 0. The highest BCUT2D eigenvalue weighted by molar-refractivity contribution is 5.97. The van der Waals surface area contributed by atoms with Crippen molar-refractivity contribution < 1.29 is 23.9 Å². The Hall–Kier alpha value is -3.93. The fourth-order valence-electron chi connectivity index (χ4n) is 5.43. The van der Waals surface area contributed by atoms with E-state index in [0.717, 1.165) is 50.1 Å². The number of carbonyl (C=O) groups excluding carboxylic acids is 3. The van der Waals surface area contributed by atoms with Gasteiger partial charge in [0.1, 0.15) is 13.2 Å². The first-order valence-corrected chi connectivity index (χ1v) is 13.2. The molecule has 3 aromatic rings. The van der Waals surface area contributed by atoms with Gasteiger partial charge in [0.25, 0.3) is 5.91 Å². The molecule has 3 aromatic carbocycles. The summed E-state index contributed by atoms with van der Waals surface area (Å²) in [4.78, 5) is 39.4. The quantitative estimate of drug-likeness (QED) is 0.348. The molecule has 0 saturated heterocycles. The average molecular weight is 530 g/mol. The minimum absolute atomic E-state index is 0.152. The first-order valence-electron chi connectivity index (χ1n) is 13.2. The number of ether oxygens (including phenoxy) is 2. The third kappa shape index (κ3) is 7.14. The number of nitrogens with one attached hydrogen (secondary N) is 1. The van der Waals surface area contributed by atoms with Gasteiger partial charge in [-0.25, -0.2) is 9.59 Å². The number of hydrogen-bond acceptors (Lipinski definition) is 5. The predicted molar refractivity (Wildman–Crippen MR) is 154 cm³/mol. The molecular formula is C33H39NO5. The van der Waals surface area contributed by atoms with Crippen molar-refractivity contribution in [2.45, 2.75) is 68.4 Å². The Kier molecular flexibility index (Phi) is 9.33. The maximum absolute atomic E-state index is 13.3. The minimum Gasteiger partial charge on any atom is -0.460 e. The summed E-state index contributed by atoms with van der Waals surface area (Å²) in [6, 6.07) is 10.9. The lowest BCUT2D eigenvalue weighted by Crippen LogP contribution is -2.43. The molecule has 0 atom stereocenters. The standard InChI is InChI=1S/C33H39NO5/c1-18-10-21(4)28(22(5)11-18)31(35)34-27(16-38-32(36)29-23(6)12-19(2)13-24(29)7)17-39-33(37)30-25(8)14-20(3)15-26(30)9/h10-15,27H,16-17H2,1-9H3,(H,34,35). The molecule has 0 spiro atoms. The van der Waals surface area contributed by atoms with Crippen molar-refractivity contribution in [2.75, 3.05) is 13.2 Å². The van der Waals surface area contributed by atoms with E-state index in [1.54, 1.807) is 0 Å². The largest absolute Gasteiger partial charge is 0.460 e. The highest BCUT2D eigenvalue weighted by Crippen LogP contribution is 2.20. The summed E-state index contributed by atoms with van der Waals surface area (Å²) < 4.78 is 11.3. The van der Waals surface area contributed by atoms with Gasteiger partial charge in [0.05, 0.1) is 17.2 Å². The van der Waals surface area contributed by atoms with Gasteiger partial charge in [-0.3, -0.25) is 4.79 Å². The van der Waals surface area contributed by atoms with E-state index in [-0.39, 0.29) is 19.1 Å². The van der Waals surface area contributed by atoms with Crippen molar-refractivity contribution in [3.63, 3.8) is 0 Å². The van der Waals surface area contributed by atoms with Crippen molar-refractivity contribution in [1.82, 2.24) is 5.32 Å². The monoisotopic (exact) mass is 529 g/mol. The fourth-order valence-corrected chi connectivity index (χ4v) is 5.43. The Bertz CT molecular complexity index is 1290. The molecule has 3 rings (SSSR count). The lowest BCUT2D eigenvalue weighted by Gasteiger charge is -2.21. The molecule has 1 amide bonds. The van der Waals surface area contributed by atoms with Crippen LogP contribution in [0.4, 0.5) is 0 Å².